The van der Waals surface area contributed by atoms with Crippen LogP contribution in [-0.4, -0.2) is 19.7 Å². The van der Waals surface area contributed by atoms with Crippen LogP contribution in [0.15, 0.2) is 24.3 Å². The highest BCUT2D eigenvalue weighted by molar-refractivity contribution is 5.31. The quantitative estimate of drug-likeness (QED) is 0.791. The topological polar surface area (TPSA) is 21.3 Å². The van der Waals surface area contributed by atoms with E-state index in [-0.39, 0.29) is 0 Å². The highest BCUT2D eigenvalue weighted by Gasteiger charge is 2.30. The van der Waals surface area contributed by atoms with Gasteiger partial charge in [0.2, 0.25) is 0 Å². The second-order valence-electron chi connectivity index (χ2n) is 6.27. The van der Waals surface area contributed by atoms with Crippen molar-refractivity contribution in [1.29, 1.82) is 0 Å². The van der Waals surface area contributed by atoms with E-state index in [1.807, 2.05) is 6.92 Å². The second kappa shape index (κ2) is 8.43. The molecule has 0 amide bonds. The first-order chi connectivity index (χ1) is 10.3. The monoisotopic (exact) mass is 289 g/mol. The molecule has 3 unspecified atom stereocenters. The van der Waals surface area contributed by atoms with Gasteiger partial charge in [-0.05, 0) is 68.3 Å². The molecule has 2 rings (SSSR count). The van der Waals surface area contributed by atoms with Crippen LogP contribution < -0.4 is 10.1 Å². The third-order valence-corrected chi connectivity index (χ3v) is 4.93. The van der Waals surface area contributed by atoms with E-state index in [4.69, 9.17) is 4.74 Å². The Labute approximate surface area is 130 Å². The van der Waals surface area contributed by atoms with Crippen molar-refractivity contribution in [3.05, 3.63) is 29.8 Å². The summed E-state index contributed by atoms with van der Waals surface area (Å²) in [7, 11) is 0. The minimum Gasteiger partial charge on any atom is -0.494 e. The Balaban J connectivity index is 2.15. The molecule has 0 radical (unpaired) electrons. The first kappa shape index (κ1) is 16.4. The molecule has 1 aromatic rings. The molecule has 0 spiro atoms. The van der Waals surface area contributed by atoms with Gasteiger partial charge < -0.3 is 10.1 Å². The number of rotatable bonds is 7. The van der Waals surface area contributed by atoms with Crippen molar-refractivity contribution in [2.24, 2.45) is 11.8 Å². The van der Waals surface area contributed by atoms with Gasteiger partial charge >= 0.3 is 0 Å². The fourth-order valence-corrected chi connectivity index (χ4v) is 3.68. The van der Waals surface area contributed by atoms with E-state index in [1.165, 1.54) is 31.2 Å². The lowest BCUT2D eigenvalue weighted by Gasteiger charge is -2.36. The molecule has 2 nitrogen and oxygen atoms in total. The van der Waals surface area contributed by atoms with Crippen LogP contribution in [0.4, 0.5) is 0 Å². The van der Waals surface area contributed by atoms with E-state index < -0.39 is 0 Å². The summed E-state index contributed by atoms with van der Waals surface area (Å²) in [4.78, 5) is 0. The Kier molecular flexibility index (Phi) is 6.56. The van der Waals surface area contributed by atoms with Gasteiger partial charge in [-0.3, -0.25) is 0 Å². The van der Waals surface area contributed by atoms with Crippen LogP contribution in [0.2, 0.25) is 0 Å². The van der Waals surface area contributed by atoms with Crippen LogP contribution >= 0.6 is 0 Å². The Morgan fingerprint density at radius 1 is 1.19 bits per heavy atom. The summed E-state index contributed by atoms with van der Waals surface area (Å²) < 4.78 is 5.69. The molecule has 118 valence electrons. The SMILES string of the molecule is CCNCC1CCC(CC)CC1c1cccc(OCC)c1. The van der Waals surface area contributed by atoms with Crippen molar-refractivity contribution in [2.45, 2.75) is 52.4 Å². The molecule has 21 heavy (non-hydrogen) atoms. The van der Waals surface area contributed by atoms with E-state index in [1.54, 1.807) is 0 Å². The predicted molar refractivity (Wildman–Crippen MR) is 90.0 cm³/mol. The van der Waals surface area contributed by atoms with Crippen molar-refractivity contribution in [2.75, 3.05) is 19.7 Å². The van der Waals surface area contributed by atoms with Crippen molar-refractivity contribution >= 4 is 0 Å². The van der Waals surface area contributed by atoms with Gasteiger partial charge in [-0.25, -0.2) is 0 Å². The molecule has 1 aromatic carbocycles. The van der Waals surface area contributed by atoms with Crippen molar-refractivity contribution in [3.8, 4) is 5.75 Å². The molecule has 0 saturated heterocycles. The van der Waals surface area contributed by atoms with Gasteiger partial charge in [-0.2, -0.15) is 0 Å². The van der Waals surface area contributed by atoms with Gasteiger partial charge in [0.1, 0.15) is 5.75 Å². The van der Waals surface area contributed by atoms with E-state index in [9.17, 15) is 0 Å². The smallest absolute Gasteiger partial charge is 0.119 e. The Morgan fingerprint density at radius 2 is 2.05 bits per heavy atom. The lowest BCUT2D eigenvalue weighted by molar-refractivity contribution is 0.226. The summed E-state index contributed by atoms with van der Waals surface area (Å²) >= 11 is 0. The highest BCUT2D eigenvalue weighted by atomic mass is 16.5. The Bertz CT molecular complexity index is 418. The summed E-state index contributed by atoms with van der Waals surface area (Å²) in [5, 5.41) is 3.56. The predicted octanol–water partition coefficient (Wildman–Crippen LogP) is 4.60. The van der Waals surface area contributed by atoms with Crippen LogP contribution in [0.3, 0.4) is 0 Å². The minimum absolute atomic E-state index is 0.683. The molecule has 1 aliphatic rings. The first-order valence-corrected chi connectivity index (χ1v) is 8.71. The number of benzene rings is 1. The third-order valence-electron chi connectivity index (χ3n) is 4.93. The average molecular weight is 289 g/mol. The molecular formula is C19H31NO. The lowest BCUT2D eigenvalue weighted by atomic mass is 9.70. The van der Waals surface area contributed by atoms with Crippen LogP contribution in [0.5, 0.6) is 5.75 Å². The number of hydrogen-bond donors (Lipinski definition) is 1. The van der Waals surface area contributed by atoms with E-state index in [0.29, 0.717) is 5.92 Å². The zero-order chi connectivity index (χ0) is 15.1. The summed E-state index contributed by atoms with van der Waals surface area (Å²) in [5.41, 5.74) is 1.47. The van der Waals surface area contributed by atoms with E-state index in [2.05, 4.69) is 43.4 Å². The molecular weight excluding hydrogens is 258 g/mol. The summed E-state index contributed by atoms with van der Waals surface area (Å²) in [5.74, 6) is 3.37. The van der Waals surface area contributed by atoms with Gasteiger partial charge in [0.25, 0.3) is 0 Å². The molecule has 1 fully saturated rings. The summed E-state index contributed by atoms with van der Waals surface area (Å²) in [6.45, 7) is 9.54. The van der Waals surface area contributed by atoms with Crippen molar-refractivity contribution < 1.29 is 4.74 Å². The fourth-order valence-electron chi connectivity index (χ4n) is 3.68. The normalized spacial score (nSPS) is 25.8. The maximum absolute atomic E-state index is 5.69. The minimum atomic E-state index is 0.683. The summed E-state index contributed by atoms with van der Waals surface area (Å²) in [6.07, 6.45) is 5.40. The maximum Gasteiger partial charge on any atom is 0.119 e. The largest absolute Gasteiger partial charge is 0.494 e. The van der Waals surface area contributed by atoms with Gasteiger partial charge in [0.15, 0.2) is 0 Å². The maximum atomic E-state index is 5.69. The zero-order valence-electron chi connectivity index (χ0n) is 13.9. The lowest BCUT2D eigenvalue weighted by Crippen LogP contribution is -2.32. The Hall–Kier alpha value is -1.02. The van der Waals surface area contributed by atoms with Crippen LogP contribution in [-0.2, 0) is 0 Å². The number of ether oxygens (including phenoxy) is 1. The molecule has 1 saturated carbocycles. The van der Waals surface area contributed by atoms with Gasteiger partial charge in [-0.1, -0.05) is 38.8 Å². The van der Waals surface area contributed by atoms with E-state index >= 15 is 0 Å². The summed E-state index contributed by atoms with van der Waals surface area (Å²) in [6, 6.07) is 8.79. The Morgan fingerprint density at radius 3 is 2.76 bits per heavy atom. The van der Waals surface area contributed by atoms with Gasteiger partial charge in [0, 0.05) is 0 Å². The highest BCUT2D eigenvalue weighted by Crippen LogP contribution is 2.42. The number of nitrogens with one attached hydrogen (secondary N) is 1. The third kappa shape index (κ3) is 4.47. The van der Waals surface area contributed by atoms with Crippen molar-refractivity contribution in [1.82, 2.24) is 5.32 Å². The van der Waals surface area contributed by atoms with Gasteiger partial charge in [-0.15, -0.1) is 0 Å². The van der Waals surface area contributed by atoms with E-state index in [0.717, 1.165) is 37.3 Å². The molecule has 1 N–H and O–H groups in total. The molecule has 0 heterocycles. The van der Waals surface area contributed by atoms with Gasteiger partial charge in [0.05, 0.1) is 6.61 Å². The molecule has 1 aliphatic carbocycles. The average Bonchev–Trinajstić information content (AvgIpc) is 2.53. The zero-order valence-corrected chi connectivity index (χ0v) is 13.9. The molecule has 0 aromatic heterocycles. The molecule has 3 atom stereocenters. The standard InChI is InChI=1S/C19H31NO/c1-4-15-10-11-17(14-20-5-2)19(12-15)16-8-7-9-18(13-16)21-6-3/h7-9,13,15,17,19-20H,4-6,10-12,14H2,1-3H3. The molecule has 2 heteroatoms. The molecule has 0 bridgehead atoms. The van der Waals surface area contributed by atoms with Crippen LogP contribution in [0, 0.1) is 11.8 Å². The van der Waals surface area contributed by atoms with Crippen LogP contribution in [0.25, 0.3) is 0 Å². The first-order valence-electron chi connectivity index (χ1n) is 8.71. The number of hydrogen-bond acceptors (Lipinski definition) is 2. The molecule has 0 aliphatic heterocycles. The van der Waals surface area contributed by atoms with Crippen LogP contribution in [0.1, 0.15) is 57.9 Å². The fraction of sp³-hybridized carbons (Fsp3) is 0.684. The second-order valence-corrected chi connectivity index (χ2v) is 6.27. The van der Waals surface area contributed by atoms with Crippen molar-refractivity contribution in [3.63, 3.8) is 0 Å².